The lowest BCUT2D eigenvalue weighted by molar-refractivity contribution is -0.117. The average molecular weight is 280 g/mol. The van der Waals surface area contributed by atoms with Crippen LogP contribution in [0.5, 0.6) is 0 Å². The first-order valence-corrected chi connectivity index (χ1v) is 7.47. The fourth-order valence-electron chi connectivity index (χ4n) is 1.40. The van der Waals surface area contributed by atoms with Gasteiger partial charge in [0.1, 0.15) is 5.78 Å². The van der Waals surface area contributed by atoms with Gasteiger partial charge in [-0.05, 0) is 44.2 Å². The summed E-state index contributed by atoms with van der Waals surface area (Å²) < 4.78 is 0. The van der Waals surface area contributed by atoms with Gasteiger partial charge in [0.25, 0.3) is 0 Å². The van der Waals surface area contributed by atoms with Crippen LogP contribution in [0.3, 0.4) is 0 Å². The van der Waals surface area contributed by atoms with Crippen molar-refractivity contribution in [1.82, 2.24) is 0 Å². The van der Waals surface area contributed by atoms with Crippen LogP contribution in [0.2, 0.25) is 0 Å². The van der Waals surface area contributed by atoms with Gasteiger partial charge in [-0.1, -0.05) is 51.5 Å². The zero-order valence-corrected chi connectivity index (χ0v) is 14.1. The first-order chi connectivity index (χ1) is 9.34. The first-order valence-electron chi connectivity index (χ1n) is 7.47. The predicted molar refractivity (Wildman–Crippen MR) is 88.0 cm³/mol. The van der Waals surface area contributed by atoms with E-state index in [9.17, 15) is 4.79 Å². The topological polar surface area (TPSA) is 37.3 Å². The van der Waals surface area contributed by atoms with Gasteiger partial charge >= 0.3 is 0 Å². The van der Waals surface area contributed by atoms with Crippen molar-refractivity contribution in [1.29, 1.82) is 0 Å². The van der Waals surface area contributed by atoms with E-state index in [-0.39, 0.29) is 5.78 Å². The zero-order valence-electron chi connectivity index (χ0n) is 14.1. The molecule has 0 fully saturated rings. The number of hydrogen-bond acceptors (Lipinski definition) is 2. The molecule has 0 aliphatic heterocycles. The molecule has 0 amide bonds. The summed E-state index contributed by atoms with van der Waals surface area (Å²) >= 11 is 0. The van der Waals surface area contributed by atoms with E-state index < -0.39 is 0 Å². The molecular formula is C18H32O2. The van der Waals surface area contributed by atoms with Crippen LogP contribution >= 0.6 is 0 Å². The SMILES string of the molecule is CC(=O)CC(C)C.CCCCO.Cc1ccccc1C. The van der Waals surface area contributed by atoms with Crippen molar-refractivity contribution in [3.63, 3.8) is 0 Å². The molecule has 20 heavy (non-hydrogen) atoms. The molecule has 2 heteroatoms. The van der Waals surface area contributed by atoms with E-state index in [1.807, 2.05) is 13.8 Å². The summed E-state index contributed by atoms with van der Waals surface area (Å²) in [5.74, 6) is 0.813. The van der Waals surface area contributed by atoms with Crippen molar-refractivity contribution in [3.05, 3.63) is 35.4 Å². The minimum Gasteiger partial charge on any atom is -0.396 e. The number of aliphatic hydroxyl groups is 1. The molecule has 0 saturated heterocycles. The number of aryl methyl sites for hydroxylation is 2. The largest absolute Gasteiger partial charge is 0.396 e. The summed E-state index contributed by atoms with van der Waals surface area (Å²) in [6.07, 6.45) is 2.76. The van der Waals surface area contributed by atoms with Crippen molar-refractivity contribution in [2.75, 3.05) is 6.61 Å². The Morgan fingerprint density at radius 1 is 1.15 bits per heavy atom. The monoisotopic (exact) mass is 280 g/mol. The van der Waals surface area contributed by atoms with Crippen LogP contribution in [0.25, 0.3) is 0 Å². The number of aliphatic hydroxyl groups excluding tert-OH is 1. The fourth-order valence-corrected chi connectivity index (χ4v) is 1.40. The third kappa shape index (κ3) is 16.9. The zero-order chi connectivity index (χ0) is 16.0. The van der Waals surface area contributed by atoms with E-state index in [0.29, 0.717) is 12.5 Å². The van der Waals surface area contributed by atoms with Gasteiger partial charge in [0.15, 0.2) is 0 Å². The van der Waals surface area contributed by atoms with Crippen molar-refractivity contribution >= 4 is 5.78 Å². The normalized spacial score (nSPS) is 9.20. The number of carbonyl (C=O) groups excluding carboxylic acids is 1. The van der Waals surface area contributed by atoms with E-state index in [2.05, 4.69) is 45.0 Å². The highest BCUT2D eigenvalue weighted by Gasteiger charge is 1.95. The molecule has 1 N–H and O–H groups in total. The van der Waals surface area contributed by atoms with E-state index in [4.69, 9.17) is 5.11 Å². The van der Waals surface area contributed by atoms with Crippen molar-refractivity contribution in [2.45, 2.75) is 60.8 Å². The predicted octanol–water partition coefficient (Wildman–Crippen LogP) is 4.70. The van der Waals surface area contributed by atoms with Crippen LogP contribution in [0.15, 0.2) is 24.3 Å². The second-order valence-electron chi connectivity index (χ2n) is 5.46. The molecule has 0 aliphatic rings. The summed E-state index contributed by atoms with van der Waals surface area (Å²) in [5, 5.41) is 8.07. The highest BCUT2D eigenvalue weighted by atomic mass is 16.2. The standard InChI is InChI=1S/C8H10.C6H12O.C4H10O/c1-7-5-3-4-6-8(7)2;1-5(2)4-6(3)7;1-2-3-4-5/h3-6H,1-2H3;5H,4H2,1-3H3;5H,2-4H2,1H3. The Kier molecular flexibility index (Phi) is 15.1. The van der Waals surface area contributed by atoms with Gasteiger partial charge < -0.3 is 9.90 Å². The van der Waals surface area contributed by atoms with E-state index >= 15 is 0 Å². The summed E-state index contributed by atoms with van der Waals surface area (Å²) in [4.78, 5) is 10.3. The molecule has 116 valence electrons. The highest BCUT2D eigenvalue weighted by molar-refractivity contribution is 5.75. The van der Waals surface area contributed by atoms with Gasteiger partial charge in [0, 0.05) is 13.0 Å². The van der Waals surface area contributed by atoms with Crippen LogP contribution in [-0.4, -0.2) is 17.5 Å². The number of rotatable bonds is 4. The molecule has 0 aromatic heterocycles. The third-order valence-corrected chi connectivity index (χ3v) is 2.63. The van der Waals surface area contributed by atoms with E-state index in [0.717, 1.165) is 19.3 Å². The smallest absolute Gasteiger partial charge is 0.130 e. The van der Waals surface area contributed by atoms with Crippen molar-refractivity contribution < 1.29 is 9.90 Å². The summed E-state index contributed by atoms with van der Waals surface area (Å²) in [5.41, 5.74) is 2.74. The molecule has 2 nitrogen and oxygen atoms in total. The Morgan fingerprint density at radius 2 is 1.60 bits per heavy atom. The average Bonchev–Trinajstić information content (AvgIpc) is 2.34. The molecule has 1 aromatic rings. The molecule has 0 heterocycles. The maximum Gasteiger partial charge on any atom is 0.130 e. The molecule has 0 saturated carbocycles. The molecule has 0 aliphatic carbocycles. The molecule has 0 radical (unpaired) electrons. The Morgan fingerprint density at radius 3 is 1.70 bits per heavy atom. The van der Waals surface area contributed by atoms with Crippen LogP contribution in [0.4, 0.5) is 0 Å². The second kappa shape index (κ2) is 14.3. The maximum atomic E-state index is 10.3. The molecule has 1 aromatic carbocycles. The number of benzene rings is 1. The number of hydrogen-bond donors (Lipinski definition) is 1. The highest BCUT2D eigenvalue weighted by Crippen LogP contribution is 2.02. The van der Waals surface area contributed by atoms with Crippen LogP contribution in [0.1, 0.15) is 58.1 Å². The van der Waals surface area contributed by atoms with Gasteiger partial charge in [-0.15, -0.1) is 0 Å². The van der Waals surface area contributed by atoms with E-state index in [1.54, 1.807) is 6.92 Å². The Bertz CT molecular complexity index is 320. The quantitative estimate of drug-likeness (QED) is 0.867. The Balaban J connectivity index is 0. The van der Waals surface area contributed by atoms with Crippen LogP contribution in [-0.2, 0) is 4.79 Å². The van der Waals surface area contributed by atoms with Crippen molar-refractivity contribution in [2.24, 2.45) is 5.92 Å². The van der Waals surface area contributed by atoms with Gasteiger partial charge in [-0.3, -0.25) is 0 Å². The Hall–Kier alpha value is -1.15. The molecule has 0 unspecified atom stereocenters. The van der Waals surface area contributed by atoms with Gasteiger partial charge in [0.2, 0.25) is 0 Å². The number of ketones is 1. The lowest BCUT2D eigenvalue weighted by Gasteiger charge is -1.95. The fraction of sp³-hybridized carbons (Fsp3) is 0.611. The molecule has 0 spiro atoms. The van der Waals surface area contributed by atoms with Gasteiger partial charge in [-0.2, -0.15) is 0 Å². The number of carbonyl (C=O) groups is 1. The number of Topliss-reactive ketones (excluding diaryl/α,β-unsaturated/α-hetero) is 1. The maximum absolute atomic E-state index is 10.3. The van der Waals surface area contributed by atoms with Crippen LogP contribution < -0.4 is 0 Å². The molecule has 1 rings (SSSR count). The molecule has 0 bridgehead atoms. The first kappa shape index (κ1) is 21.2. The van der Waals surface area contributed by atoms with Crippen LogP contribution in [0, 0.1) is 19.8 Å². The third-order valence-electron chi connectivity index (χ3n) is 2.63. The van der Waals surface area contributed by atoms with E-state index in [1.165, 1.54) is 11.1 Å². The minimum atomic E-state index is 0.287. The number of unbranched alkanes of at least 4 members (excludes halogenated alkanes) is 1. The van der Waals surface area contributed by atoms with Gasteiger partial charge in [0.05, 0.1) is 0 Å². The lowest BCUT2D eigenvalue weighted by atomic mass is 10.1. The summed E-state index contributed by atoms with van der Waals surface area (Å²) in [6.45, 7) is 12.3. The molecular weight excluding hydrogens is 248 g/mol. The molecule has 0 atom stereocenters. The van der Waals surface area contributed by atoms with Gasteiger partial charge in [-0.25, -0.2) is 0 Å². The Labute approximate surface area is 125 Å². The second-order valence-corrected chi connectivity index (χ2v) is 5.46. The lowest BCUT2D eigenvalue weighted by Crippen LogP contribution is -1.95. The minimum absolute atomic E-state index is 0.287. The van der Waals surface area contributed by atoms with Crippen molar-refractivity contribution in [3.8, 4) is 0 Å². The summed E-state index contributed by atoms with van der Waals surface area (Å²) in [7, 11) is 0. The summed E-state index contributed by atoms with van der Waals surface area (Å²) in [6, 6.07) is 8.36.